The largest absolute Gasteiger partial charge is 0.341 e. The van der Waals surface area contributed by atoms with E-state index in [1.165, 1.54) is 11.6 Å². The van der Waals surface area contributed by atoms with Crippen molar-refractivity contribution in [2.45, 2.75) is 32.0 Å². The first-order chi connectivity index (χ1) is 15.0. The Hall–Kier alpha value is -3.82. The van der Waals surface area contributed by atoms with Crippen LogP contribution in [0.15, 0.2) is 33.9 Å². The summed E-state index contributed by atoms with van der Waals surface area (Å²) in [7, 11) is 1.42. The smallest absolute Gasteiger partial charge is 0.333 e. The van der Waals surface area contributed by atoms with Crippen molar-refractivity contribution in [3.63, 3.8) is 0 Å². The molecule has 3 heterocycles. The van der Waals surface area contributed by atoms with Gasteiger partial charge in [0.05, 0.1) is 24.7 Å². The van der Waals surface area contributed by atoms with Gasteiger partial charge in [0.25, 0.3) is 5.56 Å². The summed E-state index contributed by atoms with van der Waals surface area (Å²) in [6.45, 7) is 1.57. The quantitative estimate of drug-likeness (QED) is 0.614. The van der Waals surface area contributed by atoms with E-state index in [0.29, 0.717) is 18.1 Å². The summed E-state index contributed by atoms with van der Waals surface area (Å²) in [6, 6.07) is 9.40. The van der Waals surface area contributed by atoms with Crippen molar-refractivity contribution in [2.75, 3.05) is 18.0 Å². The number of fused-ring (bicyclic) bond motifs is 1. The van der Waals surface area contributed by atoms with Crippen LogP contribution in [0.2, 0.25) is 0 Å². The zero-order chi connectivity index (χ0) is 22.1. The highest BCUT2D eigenvalue weighted by atomic mass is 16.2. The molecule has 0 spiro atoms. The molecule has 9 heteroatoms. The standard InChI is InChI=1S/C22H23N7O2/c1-3-10-28-19-18(20(30)26(2)22(28)31)29(13-16-8-5-4-7-15(16)12-23)21(25-19)27-11-6-9-17(24)14-27/h1,4-5,7-8,17H,6,9-11,13-14,24H2,2H3. The summed E-state index contributed by atoms with van der Waals surface area (Å²) in [6.07, 6.45) is 7.29. The third-order valence-electron chi connectivity index (χ3n) is 5.67. The molecule has 1 aliphatic rings. The molecule has 1 aliphatic heterocycles. The number of hydrogen-bond acceptors (Lipinski definition) is 6. The lowest BCUT2D eigenvalue weighted by molar-refractivity contribution is 0.495. The van der Waals surface area contributed by atoms with Crippen LogP contribution in [0.25, 0.3) is 11.2 Å². The normalized spacial score (nSPS) is 16.3. The number of piperidine rings is 1. The van der Waals surface area contributed by atoms with Gasteiger partial charge < -0.3 is 10.6 Å². The lowest BCUT2D eigenvalue weighted by atomic mass is 10.1. The molecule has 1 unspecified atom stereocenters. The Balaban J connectivity index is 2.02. The van der Waals surface area contributed by atoms with Crippen molar-refractivity contribution in [1.29, 1.82) is 5.26 Å². The molecule has 1 saturated heterocycles. The highest BCUT2D eigenvalue weighted by Gasteiger charge is 2.26. The SMILES string of the molecule is C#CCn1c(=O)n(C)c(=O)c2c1nc(N1CCCC(N)C1)n2Cc1ccccc1C#N. The second-order valence-corrected chi connectivity index (χ2v) is 7.72. The topological polar surface area (TPSA) is 115 Å². The first-order valence-electron chi connectivity index (χ1n) is 10.1. The Morgan fingerprint density at radius 3 is 2.77 bits per heavy atom. The van der Waals surface area contributed by atoms with Crippen LogP contribution in [0, 0.1) is 23.7 Å². The number of imidazole rings is 1. The van der Waals surface area contributed by atoms with Crippen LogP contribution >= 0.6 is 0 Å². The van der Waals surface area contributed by atoms with Crippen molar-refractivity contribution in [2.24, 2.45) is 12.8 Å². The summed E-state index contributed by atoms with van der Waals surface area (Å²) in [4.78, 5) is 32.6. The summed E-state index contributed by atoms with van der Waals surface area (Å²) >= 11 is 0. The van der Waals surface area contributed by atoms with E-state index in [9.17, 15) is 14.9 Å². The maximum Gasteiger partial charge on any atom is 0.333 e. The first kappa shape index (κ1) is 20.5. The maximum atomic E-state index is 13.2. The van der Waals surface area contributed by atoms with E-state index in [0.717, 1.165) is 29.5 Å². The summed E-state index contributed by atoms with van der Waals surface area (Å²) in [5.41, 5.74) is 7.01. The van der Waals surface area contributed by atoms with Gasteiger partial charge in [-0.1, -0.05) is 24.1 Å². The summed E-state index contributed by atoms with van der Waals surface area (Å²) in [5.74, 6) is 3.02. The number of anilines is 1. The number of nitrogens with two attached hydrogens (primary N) is 1. The highest BCUT2D eigenvalue weighted by molar-refractivity contribution is 5.75. The molecule has 2 aromatic heterocycles. The van der Waals surface area contributed by atoms with Crippen LogP contribution in [-0.2, 0) is 20.1 Å². The van der Waals surface area contributed by atoms with Crippen molar-refractivity contribution in [3.05, 3.63) is 56.2 Å². The summed E-state index contributed by atoms with van der Waals surface area (Å²) in [5, 5.41) is 9.53. The van der Waals surface area contributed by atoms with Gasteiger partial charge in [-0.15, -0.1) is 6.42 Å². The minimum absolute atomic E-state index is 0.00575. The minimum atomic E-state index is -0.514. The third kappa shape index (κ3) is 3.49. The molecular formula is C22H23N7O2. The molecule has 3 aromatic rings. The number of nitrogens with zero attached hydrogens (tertiary/aromatic N) is 6. The average molecular weight is 417 g/mol. The van der Waals surface area contributed by atoms with Gasteiger partial charge in [-0.05, 0) is 24.5 Å². The Morgan fingerprint density at radius 1 is 1.29 bits per heavy atom. The lowest BCUT2D eigenvalue weighted by Gasteiger charge is -2.32. The van der Waals surface area contributed by atoms with Crippen LogP contribution in [0.1, 0.15) is 24.0 Å². The van der Waals surface area contributed by atoms with E-state index in [1.54, 1.807) is 16.7 Å². The van der Waals surface area contributed by atoms with Gasteiger partial charge in [0.15, 0.2) is 11.2 Å². The number of rotatable bonds is 4. The molecule has 1 aromatic carbocycles. The van der Waals surface area contributed by atoms with Crippen LogP contribution in [0.5, 0.6) is 0 Å². The highest BCUT2D eigenvalue weighted by Crippen LogP contribution is 2.25. The van der Waals surface area contributed by atoms with Crippen molar-refractivity contribution >= 4 is 17.1 Å². The second kappa shape index (κ2) is 8.13. The van der Waals surface area contributed by atoms with E-state index < -0.39 is 11.2 Å². The van der Waals surface area contributed by atoms with E-state index in [-0.39, 0.29) is 30.3 Å². The van der Waals surface area contributed by atoms with Gasteiger partial charge in [-0.25, -0.2) is 4.79 Å². The predicted octanol–water partition coefficient (Wildman–Crippen LogP) is 0.377. The van der Waals surface area contributed by atoms with Crippen molar-refractivity contribution in [3.8, 4) is 18.4 Å². The molecule has 0 amide bonds. The van der Waals surface area contributed by atoms with Gasteiger partial charge >= 0.3 is 5.69 Å². The van der Waals surface area contributed by atoms with Gasteiger partial charge in [-0.2, -0.15) is 10.2 Å². The number of terminal acetylenes is 1. The Labute approximate surface area is 178 Å². The lowest BCUT2D eigenvalue weighted by Crippen LogP contribution is -2.44. The monoisotopic (exact) mass is 417 g/mol. The molecule has 2 N–H and O–H groups in total. The number of aromatic nitrogens is 4. The molecule has 0 radical (unpaired) electrons. The molecular weight excluding hydrogens is 394 g/mol. The second-order valence-electron chi connectivity index (χ2n) is 7.72. The Kier molecular flexibility index (Phi) is 5.37. The zero-order valence-corrected chi connectivity index (χ0v) is 17.3. The number of nitriles is 1. The van der Waals surface area contributed by atoms with Crippen molar-refractivity contribution < 1.29 is 0 Å². The zero-order valence-electron chi connectivity index (χ0n) is 17.3. The number of hydrogen-bond donors (Lipinski definition) is 1. The van der Waals surface area contributed by atoms with Gasteiger partial charge in [0.1, 0.15) is 0 Å². The molecule has 0 bridgehead atoms. The Bertz CT molecular complexity index is 1350. The van der Waals surface area contributed by atoms with Gasteiger partial charge in [-0.3, -0.25) is 18.5 Å². The van der Waals surface area contributed by atoms with Crippen LogP contribution in [-0.4, -0.2) is 37.8 Å². The van der Waals surface area contributed by atoms with E-state index in [1.807, 2.05) is 17.0 Å². The van der Waals surface area contributed by atoms with Crippen molar-refractivity contribution in [1.82, 2.24) is 18.7 Å². The van der Waals surface area contributed by atoms with E-state index in [4.69, 9.17) is 17.1 Å². The average Bonchev–Trinajstić information content (AvgIpc) is 3.14. The van der Waals surface area contributed by atoms with E-state index in [2.05, 4.69) is 12.0 Å². The van der Waals surface area contributed by atoms with Gasteiger partial charge in [0, 0.05) is 26.2 Å². The fourth-order valence-corrected chi connectivity index (χ4v) is 4.10. The maximum absolute atomic E-state index is 13.2. The number of benzene rings is 1. The summed E-state index contributed by atoms with van der Waals surface area (Å²) < 4.78 is 4.15. The molecule has 158 valence electrons. The predicted molar refractivity (Wildman–Crippen MR) is 118 cm³/mol. The van der Waals surface area contributed by atoms with Crippen LogP contribution in [0.4, 0.5) is 5.95 Å². The minimum Gasteiger partial charge on any atom is -0.341 e. The van der Waals surface area contributed by atoms with Gasteiger partial charge in [0.2, 0.25) is 5.95 Å². The third-order valence-corrected chi connectivity index (χ3v) is 5.67. The molecule has 1 fully saturated rings. The molecule has 0 saturated carbocycles. The Morgan fingerprint density at radius 2 is 2.06 bits per heavy atom. The molecule has 1 atom stereocenters. The fourth-order valence-electron chi connectivity index (χ4n) is 4.10. The van der Waals surface area contributed by atoms with Crippen LogP contribution in [0.3, 0.4) is 0 Å². The van der Waals surface area contributed by atoms with Crippen LogP contribution < -0.4 is 21.9 Å². The molecule has 31 heavy (non-hydrogen) atoms. The molecule has 0 aliphatic carbocycles. The molecule has 4 rings (SSSR count). The molecule has 9 nitrogen and oxygen atoms in total. The fraction of sp³-hybridized carbons (Fsp3) is 0.364. The van der Waals surface area contributed by atoms with E-state index >= 15 is 0 Å². The first-order valence-corrected chi connectivity index (χ1v) is 10.1.